The van der Waals surface area contributed by atoms with Gasteiger partial charge in [0, 0.05) is 0 Å². The van der Waals surface area contributed by atoms with Crippen molar-refractivity contribution in [1.82, 2.24) is 0 Å². The lowest BCUT2D eigenvalue weighted by molar-refractivity contribution is 0.787. The number of benzene rings is 1. The molecular weight excluding hydrogens is 156 g/mol. The molecule has 0 aliphatic heterocycles. The van der Waals surface area contributed by atoms with Crippen molar-refractivity contribution in [2.24, 2.45) is 0 Å². The zero-order valence-electron chi connectivity index (χ0n) is 9.06. The van der Waals surface area contributed by atoms with Crippen molar-refractivity contribution in [3.8, 4) is 0 Å². The van der Waals surface area contributed by atoms with Crippen molar-refractivity contribution < 1.29 is 0 Å². The lowest BCUT2D eigenvalue weighted by atomic mass is 9.98. The molecule has 0 aliphatic rings. The molecule has 0 saturated carbocycles. The molecule has 0 atom stereocenters. The summed E-state index contributed by atoms with van der Waals surface area (Å²) in [5.74, 6) is 0. The predicted molar refractivity (Wildman–Crippen MR) is 59.2 cm³/mol. The van der Waals surface area contributed by atoms with Gasteiger partial charge in [0.15, 0.2) is 0 Å². The van der Waals surface area contributed by atoms with Crippen molar-refractivity contribution in [1.29, 1.82) is 0 Å². The van der Waals surface area contributed by atoms with E-state index in [4.69, 9.17) is 0 Å². The average Bonchev–Trinajstić information content (AvgIpc) is 2.16. The largest absolute Gasteiger partial charge is 0.0654 e. The van der Waals surface area contributed by atoms with Crippen LogP contribution in [0.3, 0.4) is 0 Å². The van der Waals surface area contributed by atoms with Crippen LogP contribution in [0.2, 0.25) is 0 Å². The lowest BCUT2D eigenvalue weighted by Gasteiger charge is -2.07. The van der Waals surface area contributed by atoms with Crippen LogP contribution < -0.4 is 0 Å². The Morgan fingerprint density at radius 3 is 2.46 bits per heavy atom. The molecule has 1 aromatic carbocycles. The zero-order valence-corrected chi connectivity index (χ0v) is 9.06. The maximum Gasteiger partial charge on any atom is -0.0276 e. The van der Waals surface area contributed by atoms with E-state index in [-0.39, 0.29) is 0 Å². The molecular formula is C13H20. The minimum absolute atomic E-state index is 1.17. The van der Waals surface area contributed by atoms with Crippen LogP contribution in [0.5, 0.6) is 0 Å². The van der Waals surface area contributed by atoms with Gasteiger partial charge in [-0.3, -0.25) is 0 Å². The number of aryl methyl sites for hydroxylation is 3. The molecule has 0 unspecified atom stereocenters. The molecule has 0 heteroatoms. The quantitative estimate of drug-likeness (QED) is 0.652. The number of hydrogen-bond donors (Lipinski definition) is 0. The smallest absolute Gasteiger partial charge is 0.0276 e. The molecule has 0 bridgehead atoms. The van der Waals surface area contributed by atoms with Crippen LogP contribution in [-0.4, -0.2) is 0 Å². The van der Waals surface area contributed by atoms with E-state index in [0.29, 0.717) is 0 Å². The van der Waals surface area contributed by atoms with Crippen LogP contribution in [0.4, 0.5) is 0 Å². The highest BCUT2D eigenvalue weighted by Gasteiger charge is 1.99. The summed E-state index contributed by atoms with van der Waals surface area (Å²) >= 11 is 0. The third-order valence-corrected chi connectivity index (χ3v) is 2.54. The molecule has 0 heterocycles. The Morgan fingerprint density at radius 2 is 1.85 bits per heavy atom. The molecule has 1 rings (SSSR count). The normalized spacial score (nSPS) is 10.4. The van der Waals surface area contributed by atoms with Crippen LogP contribution in [0.15, 0.2) is 18.2 Å². The molecule has 0 aromatic heterocycles. The van der Waals surface area contributed by atoms with Crippen molar-refractivity contribution in [2.45, 2.75) is 46.5 Å². The summed E-state index contributed by atoms with van der Waals surface area (Å²) in [7, 11) is 0. The van der Waals surface area contributed by atoms with Crippen LogP contribution in [0, 0.1) is 6.92 Å². The second-order valence-electron chi connectivity index (χ2n) is 3.73. The Labute approximate surface area is 82.0 Å². The van der Waals surface area contributed by atoms with Crippen molar-refractivity contribution >= 4 is 0 Å². The number of hydrogen-bond acceptors (Lipinski definition) is 0. The molecule has 0 N–H and O–H groups in total. The molecule has 0 saturated heterocycles. The van der Waals surface area contributed by atoms with Crippen LogP contribution in [0.25, 0.3) is 0 Å². The highest BCUT2D eigenvalue weighted by Crippen LogP contribution is 2.14. The van der Waals surface area contributed by atoms with Gasteiger partial charge in [0.25, 0.3) is 0 Å². The van der Waals surface area contributed by atoms with Gasteiger partial charge in [-0.05, 0) is 37.3 Å². The molecule has 1 aromatic rings. The summed E-state index contributed by atoms with van der Waals surface area (Å²) in [6.45, 7) is 6.66. The minimum Gasteiger partial charge on any atom is -0.0654 e. The maximum absolute atomic E-state index is 2.32. The standard InChI is InChI=1S/C13H20/c1-4-6-7-13-9-8-11(3)10-12(13)5-2/h8-10H,4-7H2,1-3H3. The number of rotatable bonds is 4. The second kappa shape index (κ2) is 5.06. The molecule has 0 fully saturated rings. The number of unbranched alkanes of at least 4 members (excludes halogenated alkanes) is 1. The van der Waals surface area contributed by atoms with Crippen LogP contribution in [-0.2, 0) is 12.8 Å². The first-order chi connectivity index (χ1) is 6.27. The average molecular weight is 176 g/mol. The summed E-state index contributed by atoms with van der Waals surface area (Å²) in [5.41, 5.74) is 4.47. The highest BCUT2D eigenvalue weighted by molar-refractivity contribution is 5.31. The fraction of sp³-hybridized carbons (Fsp3) is 0.538. The van der Waals surface area contributed by atoms with Crippen molar-refractivity contribution in [2.75, 3.05) is 0 Å². The summed E-state index contributed by atoms with van der Waals surface area (Å²) in [5, 5.41) is 0. The first kappa shape index (κ1) is 10.3. The van der Waals surface area contributed by atoms with Gasteiger partial charge in [-0.15, -0.1) is 0 Å². The Balaban J connectivity index is 2.79. The second-order valence-corrected chi connectivity index (χ2v) is 3.73. The van der Waals surface area contributed by atoms with E-state index < -0.39 is 0 Å². The van der Waals surface area contributed by atoms with Gasteiger partial charge in [0.05, 0.1) is 0 Å². The van der Waals surface area contributed by atoms with Gasteiger partial charge < -0.3 is 0 Å². The Hall–Kier alpha value is -0.780. The van der Waals surface area contributed by atoms with E-state index in [1.807, 2.05) is 0 Å². The van der Waals surface area contributed by atoms with Crippen LogP contribution >= 0.6 is 0 Å². The first-order valence-electron chi connectivity index (χ1n) is 5.36. The third kappa shape index (κ3) is 2.87. The summed E-state index contributed by atoms with van der Waals surface area (Å²) in [4.78, 5) is 0. The van der Waals surface area contributed by atoms with Gasteiger partial charge in [0.2, 0.25) is 0 Å². The minimum atomic E-state index is 1.17. The Bertz CT molecular complexity index is 261. The summed E-state index contributed by atoms with van der Waals surface area (Å²) < 4.78 is 0. The highest BCUT2D eigenvalue weighted by atomic mass is 14.0. The van der Waals surface area contributed by atoms with Crippen LogP contribution in [0.1, 0.15) is 43.4 Å². The molecule has 0 spiro atoms. The van der Waals surface area contributed by atoms with Crippen molar-refractivity contribution in [3.63, 3.8) is 0 Å². The van der Waals surface area contributed by atoms with Gasteiger partial charge in [-0.1, -0.05) is 44.0 Å². The Kier molecular flexibility index (Phi) is 4.01. The summed E-state index contributed by atoms with van der Waals surface area (Å²) in [6, 6.07) is 6.85. The predicted octanol–water partition coefficient (Wildman–Crippen LogP) is 3.90. The molecule has 0 radical (unpaired) electrons. The first-order valence-corrected chi connectivity index (χ1v) is 5.36. The van der Waals surface area contributed by atoms with E-state index in [0.717, 1.165) is 0 Å². The SMILES string of the molecule is CCCCc1ccc(C)cc1CC. The van der Waals surface area contributed by atoms with Gasteiger partial charge in [-0.25, -0.2) is 0 Å². The van der Waals surface area contributed by atoms with Gasteiger partial charge in [-0.2, -0.15) is 0 Å². The Morgan fingerprint density at radius 1 is 1.08 bits per heavy atom. The van der Waals surface area contributed by atoms with E-state index in [1.165, 1.54) is 36.8 Å². The molecule has 72 valence electrons. The maximum atomic E-state index is 2.32. The summed E-state index contributed by atoms with van der Waals surface area (Å²) in [6.07, 6.45) is 5.02. The monoisotopic (exact) mass is 176 g/mol. The molecule has 0 aliphatic carbocycles. The molecule has 13 heavy (non-hydrogen) atoms. The fourth-order valence-corrected chi connectivity index (χ4v) is 1.69. The lowest BCUT2D eigenvalue weighted by Crippen LogP contribution is -1.93. The topological polar surface area (TPSA) is 0 Å². The zero-order chi connectivity index (χ0) is 9.68. The van der Waals surface area contributed by atoms with E-state index >= 15 is 0 Å². The van der Waals surface area contributed by atoms with Gasteiger partial charge >= 0.3 is 0 Å². The van der Waals surface area contributed by atoms with E-state index in [1.54, 1.807) is 5.56 Å². The van der Waals surface area contributed by atoms with E-state index in [9.17, 15) is 0 Å². The fourth-order valence-electron chi connectivity index (χ4n) is 1.69. The van der Waals surface area contributed by atoms with E-state index in [2.05, 4.69) is 39.0 Å². The third-order valence-electron chi connectivity index (χ3n) is 2.54. The van der Waals surface area contributed by atoms with Crippen molar-refractivity contribution in [3.05, 3.63) is 34.9 Å². The molecule has 0 amide bonds. The molecule has 0 nitrogen and oxygen atoms in total. The van der Waals surface area contributed by atoms with Gasteiger partial charge in [0.1, 0.15) is 0 Å².